The molecule has 0 heterocycles. The second kappa shape index (κ2) is 4.49. The van der Waals surface area contributed by atoms with Gasteiger partial charge >= 0.3 is 19.7 Å². The minimum absolute atomic E-state index is 3.63. The molecule has 0 saturated heterocycles. The first-order valence-corrected chi connectivity index (χ1v) is 3.95. The molecule has 56 valence electrons. The van der Waals surface area contributed by atoms with Crippen LogP contribution in [0.3, 0.4) is 0 Å². The number of rotatable bonds is 0. The van der Waals surface area contributed by atoms with Gasteiger partial charge in [-0.15, -0.1) is 0 Å². The van der Waals surface area contributed by atoms with Crippen LogP contribution in [-0.2, 0) is 14.9 Å². The summed E-state index contributed by atoms with van der Waals surface area (Å²) in [6, 6.07) is 0. The van der Waals surface area contributed by atoms with E-state index in [0.717, 1.165) is 0 Å². The van der Waals surface area contributed by atoms with E-state index in [-0.39, 0.29) is 0 Å². The zero-order valence-electron chi connectivity index (χ0n) is 3.85. The highest BCUT2D eigenvalue weighted by Gasteiger charge is 1.87. The molecule has 0 amide bonds. The Balaban J connectivity index is 0. The summed E-state index contributed by atoms with van der Waals surface area (Å²) in [4.78, 5) is 6.94. The summed E-state index contributed by atoms with van der Waals surface area (Å²) in [5.74, 6) is 0. The van der Waals surface area contributed by atoms with Crippen LogP contribution in [0.5, 0.6) is 0 Å². The lowest BCUT2D eigenvalue weighted by atomic mass is 15.8. The van der Waals surface area contributed by atoms with Crippen molar-refractivity contribution in [1.82, 2.24) is 0 Å². The van der Waals surface area contributed by atoms with E-state index in [1.165, 1.54) is 0 Å². The number of hydrogen-bond acceptors (Lipinski definition) is 3. The molecule has 0 aromatic carbocycles. The van der Waals surface area contributed by atoms with E-state index in [2.05, 4.69) is 0 Å². The van der Waals surface area contributed by atoms with Gasteiger partial charge in [-0.2, -0.15) is 12.5 Å². The summed E-state index contributed by atoms with van der Waals surface area (Å²) < 4.78 is 50.2. The van der Waals surface area contributed by atoms with Crippen molar-refractivity contribution in [2.75, 3.05) is 0 Å². The van der Waals surface area contributed by atoms with Gasteiger partial charge in [-0.25, -0.2) is 0 Å². The first-order chi connectivity index (χ1) is 3.73. The summed E-state index contributed by atoms with van der Waals surface area (Å²) >= 11 is 0. The Morgan fingerprint density at radius 3 is 1.33 bits per heavy atom. The highest BCUT2D eigenvalue weighted by Crippen LogP contribution is 1.59. The van der Waals surface area contributed by atoms with E-state index >= 15 is 0 Å². The van der Waals surface area contributed by atoms with Gasteiger partial charge in [-0.05, 0) is 0 Å². The van der Waals surface area contributed by atoms with Crippen LogP contribution in [0.4, 0.5) is 4.11 Å². The molecule has 0 aliphatic heterocycles. The van der Waals surface area contributed by atoms with Crippen molar-refractivity contribution >= 4 is 19.7 Å². The van der Waals surface area contributed by atoms with Gasteiger partial charge in [0.15, 0.2) is 0 Å². The maximum atomic E-state index is 10.1. The Kier molecular flexibility index (Phi) is 5.70. The van der Waals surface area contributed by atoms with Crippen LogP contribution in [0, 0.1) is 0 Å². The molecule has 0 aliphatic carbocycles. The number of hydrogen-bond donors (Lipinski definition) is 3. The third-order valence-corrected chi connectivity index (χ3v) is 0. The lowest BCUT2D eigenvalue weighted by molar-refractivity contribution is 0.380. The van der Waals surface area contributed by atoms with Crippen LogP contribution < -0.4 is 0 Å². The van der Waals surface area contributed by atoms with Crippen molar-refractivity contribution in [1.29, 1.82) is 0 Å². The smallest absolute Gasteiger partial charge is 0.517 e. The zero-order valence-corrected chi connectivity index (χ0v) is 5.67. The lowest BCUT2D eigenvalue weighted by Crippen LogP contribution is -1.89. The summed E-state index contributed by atoms with van der Waals surface area (Å²) in [5, 5.41) is 0. The van der Waals surface area contributed by atoms with Gasteiger partial charge in [0, 0.05) is 0 Å². The molecule has 0 saturated carbocycles. The van der Waals surface area contributed by atoms with Crippen molar-refractivity contribution in [2.45, 2.75) is 0 Å². The second-order valence-electron chi connectivity index (χ2n) is 0.701. The molecule has 0 rings (SSSR count). The van der Waals surface area contributed by atoms with E-state index in [0.29, 0.717) is 0 Å². The van der Waals surface area contributed by atoms with Gasteiger partial charge in [0.1, 0.15) is 0 Å². The van der Waals surface area contributed by atoms with Crippen molar-refractivity contribution in [2.24, 2.45) is 0 Å². The first-order valence-electron chi connectivity index (χ1n) is 1.32. The number of halogens is 1. The van der Waals surface area contributed by atoms with Crippen LogP contribution in [0.15, 0.2) is 0 Å². The first kappa shape index (κ1) is 11.4. The molecule has 3 N–H and O–H groups in total. The van der Waals surface area contributed by atoms with Crippen molar-refractivity contribution in [3.8, 4) is 0 Å². The molecule has 0 aliphatic rings. The average molecular weight is 178 g/mol. The Bertz CT molecular complexity index is 155. The molecular weight excluding hydrogens is 175 g/mol. The van der Waals surface area contributed by atoms with Crippen LogP contribution in [0.2, 0.25) is 0 Å². The minimum atomic E-state index is -4.67. The van der Waals surface area contributed by atoms with E-state index in [1.54, 1.807) is 0 Å². The standard InChI is InChI=1S/FHO2Si.H2O4S/c1-4(2)3;1-5(2,3)4/h2H;(H2,1,2,3,4). The van der Waals surface area contributed by atoms with Gasteiger partial charge in [-0.1, -0.05) is 0 Å². The predicted octanol–water partition coefficient (Wildman–Crippen LogP) is -1.29. The normalized spacial score (nSPS) is 9.22. The van der Waals surface area contributed by atoms with Crippen LogP contribution in [0.1, 0.15) is 0 Å². The summed E-state index contributed by atoms with van der Waals surface area (Å²) in [5.41, 5.74) is 0. The molecule has 0 atom stereocenters. The topological polar surface area (TPSA) is 112 Å². The zero-order chi connectivity index (χ0) is 8.08. The van der Waals surface area contributed by atoms with Crippen LogP contribution >= 0.6 is 0 Å². The molecule has 0 fully saturated rings. The Morgan fingerprint density at radius 1 is 1.33 bits per heavy atom. The van der Waals surface area contributed by atoms with Crippen LogP contribution in [-0.4, -0.2) is 31.6 Å². The molecular formula is H3FO6SSi. The largest absolute Gasteiger partial charge is 0.734 e. The Hall–Kier alpha value is -0.383. The molecule has 0 bridgehead atoms. The highest BCUT2D eigenvalue weighted by atomic mass is 32.3. The quantitative estimate of drug-likeness (QED) is 0.242. The summed E-state index contributed by atoms with van der Waals surface area (Å²) in [6.45, 7) is 0. The third-order valence-electron chi connectivity index (χ3n) is 0. The third kappa shape index (κ3) is 1640. The molecule has 9 heteroatoms. The van der Waals surface area contributed by atoms with Crippen molar-refractivity contribution in [3.63, 3.8) is 0 Å². The lowest BCUT2D eigenvalue weighted by Gasteiger charge is -1.68. The van der Waals surface area contributed by atoms with Gasteiger partial charge in [0.25, 0.3) is 0 Å². The monoisotopic (exact) mass is 178 g/mol. The molecule has 6 nitrogen and oxygen atoms in total. The fourth-order valence-corrected chi connectivity index (χ4v) is 0. The SMILES string of the molecule is O=S(=O)(O)O.O=[Si](O)F. The van der Waals surface area contributed by atoms with E-state index in [1.807, 2.05) is 0 Å². The summed E-state index contributed by atoms with van der Waals surface area (Å²) in [6.07, 6.45) is 0. The van der Waals surface area contributed by atoms with Gasteiger partial charge < -0.3 is 4.80 Å². The van der Waals surface area contributed by atoms with Gasteiger partial charge in [0.05, 0.1) is 0 Å². The molecule has 0 aromatic rings. The fraction of sp³-hybridized carbons (Fsp3) is 0. The summed E-state index contributed by atoms with van der Waals surface area (Å²) in [7, 11) is -8.30. The Morgan fingerprint density at radius 2 is 1.33 bits per heavy atom. The molecule has 0 spiro atoms. The van der Waals surface area contributed by atoms with Gasteiger partial charge in [-0.3, -0.25) is 13.6 Å². The van der Waals surface area contributed by atoms with E-state index in [4.69, 9.17) is 26.8 Å². The van der Waals surface area contributed by atoms with Crippen molar-refractivity contribution in [3.05, 3.63) is 0 Å². The molecule has 0 aromatic heterocycles. The second-order valence-corrected chi connectivity index (χ2v) is 2.10. The van der Waals surface area contributed by atoms with Gasteiger partial charge in [0.2, 0.25) is 0 Å². The maximum absolute atomic E-state index is 10.1. The molecule has 9 heavy (non-hydrogen) atoms. The molecule has 0 unspecified atom stereocenters. The fourth-order valence-electron chi connectivity index (χ4n) is 0. The van der Waals surface area contributed by atoms with E-state index in [9.17, 15) is 4.11 Å². The Labute approximate surface area is 51.5 Å². The maximum Gasteiger partial charge on any atom is 0.734 e. The van der Waals surface area contributed by atoms with Crippen molar-refractivity contribution < 1.29 is 30.9 Å². The molecule has 0 radical (unpaired) electrons. The highest BCUT2D eigenvalue weighted by molar-refractivity contribution is 7.79. The van der Waals surface area contributed by atoms with Crippen LogP contribution in [0.25, 0.3) is 0 Å². The minimum Gasteiger partial charge on any atom is -0.517 e. The average Bonchev–Trinajstić information content (AvgIpc) is 1.19. The van der Waals surface area contributed by atoms with E-state index < -0.39 is 19.7 Å². The predicted molar refractivity (Wildman–Crippen MR) is 23.9 cm³/mol.